The standard InChI is InChI=1S/2C7H14N2.2CH4/c1-7(2,3)6-4-8-5-9-6;1-7(2,3)6-8-4-5-9-6;;/h5-6H,4H2,1-3H3,(H,8,9);4-5H2,1-3H3,(H,8,9);2*1H4. The molecule has 0 fully saturated rings. The van der Waals surface area contributed by atoms with E-state index >= 15 is 0 Å². The Balaban J connectivity index is 0. The molecule has 0 amide bonds. The molecule has 0 spiro atoms. The zero-order valence-corrected chi connectivity index (χ0v) is 12.7. The topological polar surface area (TPSA) is 48.8 Å². The molecule has 1 atom stereocenters. The minimum absolute atomic E-state index is 0. The maximum absolute atomic E-state index is 4.31. The zero-order chi connectivity index (χ0) is 13.8. The van der Waals surface area contributed by atoms with E-state index in [4.69, 9.17) is 0 Å². The van der Waals surface area contributed by atoms with Gasteiger partial charge in [-0.3, -0.25) is 9.98 Å². The first kappa shape index (κ1) is 21.2. The van der Waals surface area contributed by atoms with Crippen LogP contribution in [0, 0.1) is 10.8 Å². The van der Waals surface area contributed by atoms with E-state index in [0.717, 1.165) is 25.5 Å². The Hall–Kier alpha value is -1.06. The molecular formula is C16H36N4. The van der Waals surface area contributed by atoms with Gasteiger partial charge in [-0.15, -0.1) is 0 Å². The first-order valence-corrected chi connectivity index (χ1v) is 6.74. The minimum atomic E-state index is 0. The predicted molar refractivity (Wildman–Crippen MR) is 93.0 cm³/mol. The maximum atomic E-state index is 4.31. The van der Waals surface area contributed by atoms with Gasteiger partial charge in [-0.25, -0.2) is 0 Å². The first-order valence-electron chi connectivity index (χ1n) is 6.74. The van der Waals surface area contributed by atoms with Gasteiger partial charge >= 0.3 is 0 Å². The number of hydrogen-bond donors (Lipinski definition) is 2. The lowest BCUT2D eigenvalue weighted by molar-refractivity contribution is 0.315. The molecule has 0 aromatic carbocycles. The van der Waals surface area contributed by atoms with Crippen molar-refractivity contribution in [3.05, 3.63) is 0 Å². The summed E-state index contributed by atoms with van der Waals surface area (Å²) in [6.07, 6.45) is 1.80. The highest BCUT2D eigenvalue weighted by molar-refractivity contribution is 5.88. The summed E-state index contributed by atoms with van der Waals surface area (Å²) in [5.41, 5.74) is 0.562. The molecule has 1 unspecified atom stereocenters. The van der Waals surface area contributed by atoms with Crippen LogP contribution in [-0.4, -0.2) is 37.9 Å². The van der Waals surface area contributed by atoms with Gasteiger partial charge in [0.1, 0.15) is 5.84 Å². The molecule has 4 heteroatoms. The Morgan fingerprint density at radius 3 is 1.90 bits per heavy atom. The molecule has 0 aromatic rings. The molecule has 2 heterocycles. The molecule has 120 valence electrons. The summed E-state index contributed by atoms with van der Waals surface area (Å²) in [7, 11) is 0. The van der Waals surface area contributed by atoms with Crippen LogP contribution in [0.25, 0.3) is 0 Å². The lowest BCUT2D eigenvalue weighted by atomic mass is 9.87. The van der Waals surface area contributed by atoms with Gasteiger partial charge < -0.3 is 10.6 Å². The molecule has 20 heavy (non-hydrogen) atoms. The van der Waals surface area contributed by atoms with Gasteiger partial charge in [0.25, 0.3) is 0 Å². The number of amidine groups is 1. The lowest BCUT2D eigenvalue weighted by Gasteiger charge is -2.25. The van der Waals surface area contributed by atoms with Crippen molar-refractivity contribution in [3.63, 3.8) is 0 Å². The Kier molecular flexibility index (Phi) is 8.79. The molecule has 0 saturated heterocycles. The molecule has 2 aliphatic heterocycles. The molecule has 0 bridgehead atoms. The average Bonchev–Trinajstić information content (AvgIpc) is 2.91. The summed E-state index contributed by atoms with van der Waals surface area (Å²) >= 11 is 0. The average molecular weight is 284 g/mol. The fourth-order valence-corrected chi connectivity index (χ4v) is 1.78. The summed E-state index contributed by atoms with van der Waals surface area (Å²) < 4.78 is 0. The highest BCUT2D eigenvalue weighted by Crippen LogP contribution is 2.20. The number of nitrogens with zero attached hydrogens (tertiary/aromatic N) is 2. The van der Waals surface area contributed by atoms with Gasteiger partial charge in [0.2, 0.25) is 0 Å². The van der Waals surface area contributed by atoms with Crippen LogP contribution in [0.5, 0.6) is 0 Å². The van der Waals surface area contributed by atoms with Crippen molar-refractivity contribution >= 4 is 12.2 Å². The molecule has 2 N–H and O–H groups in total. The van der Waals surface area contributed by atoms with Crippen LogP contribution in [0.15, 0.2) is 9.98 Å². The Labute approximate surface area is 126 Å². The minimum Gasteiger partial charge on any atom is -0.372 e. The monoisotopic (exact) mass is 284 g/mol. The zero-order valence-electron chi connectivity index (χ0n) is 12.7. The summed E-state index contributed by atoms with van der Waals surface area (Å²) in [5.74, 6) is 1.16. The van der Waals surface area contributed by atoms with Gasteiger partial charge in [0.15, 0.2) is 0 Å². The van der Waals surface area contributed by atoms with Crippen LogP contribution in [0.3, 0.4) is 0 Å². The highest BCUT2D eigenvalue weighted by atomic mass is 15.1. The van der Waals surface area contributed by atoms with Crippen molar-refractivity contribution in [1.29, 1.82) is 0 Å². The first-order chi connectivity index (χ1) is 8.21. The fraction of sp³-hybridized carbons (Fsp3) is 0.875. The maximum Gasteiger partial charge on any atom is 0.102 e. The normalized spacial score (nSPS) is 20.5. The quantitative estimate of drug-likeness (QED) is 0.717. The third kappa shape index (κ3) is 6.92. The largest absolute Gasteiger partial charge is 0.372 e. The van der Waals surface area contributed by atoms with Crippen molar-refractivity contribution in [2.75, 3.05) is 19.6 Å². The van der Waals surface area contributed by atoms with E-state index in [2.05, 4.69) is 62.2 Å². The summed E-state index contributed by atoms with van der Waals surface area (Å²) in [6.45, 7) is 16.1. The second kappa shape index (κ2) is 8.28. The fourth-order valence-electron chi connectivity index (χ4n) is 1.78. The van der Waals surface area contributed by atoms with Crippen LogP contribution < -0.4 is 10.6 Å². The van der Waals surface area contributed by atoms with Crippen molar-refractivity contribution in [3.8, 4) is 0 Å². The van der Waals surface area contributed by atoms with Crippen molar-refractivity contribution < 1.29 is 0 Å². The second-order valence-electron chi connectivity index (χ2n) is 6.99. The third-order valence-electron chi connectivity index (χ3n) is 3.08. The molecule has 4 nitrogen and oxygen atoms in total. The van der Waals surface area contributed by atoms with Crippen LogP contribution in [-0.2, 0) is 0 Å². The number of nitrogens with one attached hydrogen (secondary N) is 2. The number of hydrogen-bond acceptors (Lipinski definition) is 4. The van der Waals surface area contributed by atoms with Crippen LogP contribution in [0.1, 0.15) is 56.4 Å². The molecule has 2 rings (SSSR count). The molecular weight excluding hydrogens is 248 g/mol. The van der Waals surface area contributed by atoms with E-state index in [1.165, 1.54) is 0 Å². The molecule has 0 radical (unpaired) electrons. The molecule has 0 aliphatic carbocycles. The van der Waals surface area contributed by atoms with Crippen LogP contribution in [0.2, 0.25) is 0 Å². The van der Waals surface area contributed by atoms with Crippen LogP contribution >= 0.6 is 0 Å². The lowest BCUT2D eigenvalue weighted by Crippen LogP contribution is -2.37. The van der Waals surface area contributed by atoms with Gasteiger partial charge in [-0.05, 0) is 5.41 Å². The van der Waals surface area contributed by atoms with Gasteiger partial charge in [0.05, 0.1) is 25.5 Å². The van der Waals surface area contributed by atoms with Gasteiger partial charge in [0, 0.05) is 12.0 Å². The van der Waals surface area contributed by atoms with E-state index in [1.54, 1.807) is 6.34 Å². The Morgan fingerprint density at radius 1 is 1.10 bits per heavy atom. The van der Waals surface area contributed by atoms with E-state index in [9.17, 15) is 0 Å². The predicted octanol–water partition coefficient (Wildman–Crippen LogP) is 3.34. The van der Waals surface area contributed by atoms with Crippen LogP contribution in [0.4, 0.5) is 0 Å². The second-order valence-corrected chi connectivity index (χ2v) is 6.99. The number of rotatable bonds is 0. The van der Waals surface area contributed by atoms with E-state index < -0.39 is 0 Å². The Bertz CT molecular complexity index is 310. The van der Waals surface area contributed by atoms with E-state index in [1.807, 2.05) is 0 Å². The molecule has 2 aliphatic rings. The van der Waals surface area contributed by atoms with Gasteiger partial charge in [-0.1, -0.05) is 56.4 Å². The summed E-state index contributed by atoms with van der Waals surface area (Å²) in [6, 6.07) is 0.539. The van der Waals surface area contributed by atoms with Crippen molar-refractivity contribution in [1.82, 2.24) is 10.6 Å². The molecule has 0 saturated carbocycles. The highest BCUT2D eigenvalue weighted by Gasteiger charge is 2.25. The number of aliphatic imine (C=N–C) groups is 2. The molecule has 0 aromatic heterocycles. The summed E-state index contributed by atoms with van der Waals surface area (Å²) in [5, 5.41) is 6.45. The summed E-state index contributed by atoms with van der Waals surface area (Å²) in [4.78, 5) is 8.41. The van der Waals surface area contributed by atoms with Crippen molar-refractivity contribution in [2.24, 2.45) is 20.8 Å². The van der Waals surface area contributed by atoms with E-state index in [0.29, 0.717) is 11.5 Å². The Morgan fingerprint density at radius 2 is 1.70 bits per heavy atom. The SMILES string of the molecule is C.C.CC(C)(C)C1=NCCN1.CC(C)(C)C1CN=CN1. The smallest absolute Gasteiger partial charge is 0.102 e. The van der Waals surface area contributed by atoms with Gasteiger partial charge in [-0.2, -0.15) is 0 Å². The van der Waals surface area contributed by atoms with E-state index in [-0.39, 0.29) is 20.3 Å². The third-order valence-corrected chi connectivity index (χ3v) is 3.08. The van der Waals surface area contributed by atoms with Crippen molar-refractivity contribution in [2.45, 2.75) is 62.4 Å².